The quantitative estimate of drug-likeness (QED) is 0.0161. The highest BCUT2D eigenvalue weighted by molar-refractivity contribution is 7.45. The number of hydrogen-bond donors (Lipinski definition) is 1. The van der Waals surface area contributed by atoms with Gasteiger partial charge in [-0.25, -0.2) is 0 Å². The summed E-state index contributed by atoms with van der Waals surface area (Å²) in [6.45, 7) is 6.54. The predicted octanol–water partition coefficient (Wildman–Crippen LogP) is 17.7. The molecule has 0 aromatic carbocycles. The first kappa shape index (κ1) is 71.4. The summed E-state index contributed by atoms with van der Waals surface area (Å²) in [5, 5.41) is 3.00. The highest BCUT2D eigenvalue weighted by Gasteiger charge is 2.27. The van der Waals surface area contributed by atoms with E-state index in [2.05, 4.69) is 135 Å². The zero-order valence-corrected chi connectivity index (χ0v) is 49.6. The van der Waals surface area contributed by atoms with E-state index < -0.39 is 32.5 Å². The van der Waals surface area contributed by atoms with Gasteiger partial charge in [-0.3, -0.25) is 14.2 Å². The molecule has 3 atom stereocenters. The SMILES string of the molecule is CC/C=C\C/C=C\C/C=C\C/C=C\C/C=C\C/C=C\CCCCC(=O)OC(/C=C\CCCCCCCCCCCCC)C(COP(=O)([O-])OCC[N+](C)(C)C)NC(=O)CCCCCCCCC/C=C/C=C/C=C/CC. The van der Waals surface area contributed by atoms with Gasteiger partial charge in [0.2, 0.25) is 5.91 Å². The minimum Gasteiger partial charge on any atom is -0.756 e. The predicted molar refractivity (Wildman–Crippen MR) is 320 cm³/mol. The Kier molecular flexibility index (Phi) is 51.2. The van der Waals surface area contributed by atoms with Crippen molar-refractivity contribution in [1.82, 2.24) is 5.32 Å². The average Bonchev–Trinajstić information content (AvgIpc) is 3.37. The van der Waals surface area contributed by atoms with Crippen LogP contribution in [0.15, 0.2) is 122 Å². The molecule has 3 unspecified atom stereocenters. The number of allylic oxidation sites excluding steroid dienone is 19. The lowest BCUT2D eigenvalue weighted by atomic mass is 10.0. The van der Waals surface area contributed by atoms with E-state index in [4.69, 9.17) is 13.8 Å². The zero-order chi connectivity index (χ0) is 55.0. The molecule has 1 N–H and O–H groups in total. The van der Waals surface area contributed by atoms with Crippen LogP contribution in [0.4, 0.5) is 0 Å². The van der Waals surface area contributed by atoms with E-state index >= 15 is 0 Å². The first-order valence-electron chi connectivity index (χ1n) is 29.9. The second-order valence-corrected chi connectivity index (χ2v) is 22.2. The van der Waals surface area contributed by atoms with Crippen molar-refractivity contribution in [3.63, 3.8) is 0 Å². The maximum atomic E-state index is 13.5. The Labute approximate surface area is 461 Å². The number of phosphoric ester groups is 1. The van der Waals surface area contributed by atoms with Crippen LogP contribution in [0.5, 0.6) is 0 Å². The first-order chi connectivity index (χ1) is 36.4. The third kappa shape index (κ3) is 55.0. The fourth-order valence-corrected chi connectivity index (χ4v) is 8.60. The number of ether oxygens (including phenoxy) is 1. The number of amides is 1. The number of esters is 1. The molecule has 0 fully saturated rings. The van der Waals surface area contributed by atoms with Gasteiger partial charge in [0.15, 0.2) is 0 Å². The molecule has 0 saturated carbocycles. The summed E-state index contributed by atoms with van der Waals surface area (Å²) in [5.41, 5.74) is 0. The minimum atomic E-state index is -4.72. The number of rotatable bonds is 52. The number of hydrogen-bond acceptors (Lipinski definition) is 7. The van der Waals surface area contributed by atoms with Gasteiger partial charge in [-0.1, -0.05) is 233 Å². The molecule has 1 amide bonds. The van der Waals surface area contributed by atoms with Crippen molar-refractivity contribution in [2.24, 2.45) is 0 Å². The number of phosphoric acid groups is 1. The van der Waals surface area contributed by atoms with E-state index in [9.17, 15) is 19.0 Å². The van der Waals surface area contributed by atoms with Gasteiger partial charge in [-0.15, -0.1) is 0 Å². The van der Waals surface area contributed by atoms with Gasteiger partial charge in [0.25, 0.3) is 7.82 Å². The molecule has 428 valence electrons. The van der Waals surface area contributed by atoms with Crippen molar-refractivity contribution in [2.45, 2.75) is 238 Å². The molecule has 10 heteroatoms. The standard InChI is InChI=1S/C65H111N2O7P/c1-7-10-13-16-19-22-25-28-30-31-32-33-34-35-37-40-43-46-49-52-55-58-65(69)74-63(56-53-50-47-44-41-38-27-24-21-18-15-12-9-3)62(61-73-75(70,71)72-60-59-67(4,5)6)66-64(68)57-54-51-48-45-42-39-36-29-26-23-20-17-14-11-8-2/h10-11,13-14,17,19-20,22-23,26,28,30,32-33,35,37,43,46,53,56,62-63H,7-9,12,15-16,18,21,24-25,27,29,31,34,36,38-42,44-45,47-52,54-55,57-61H2,1-6H3,(H-,66,68,70,71)/b13-10-,14-11+,20-17+,22-19-,26-23+,30-28-,33-32-,37-35-,46-43-,56-53-. The number of nitrogens with zero attached hydrogens (tertiary/aromatic N) is 1. The van der Waals surface area contributed by atoms with Gasteiger partial charge in [0.05, 0.1) is 33.8 Å². The van der Waals surface area contributed by atoms with Crippen molar-refractivity contribution >= 4 is 19.7 Å². The molecular weight excluding hydrogens is 952 g/mol. The Bertz CT molecular complexity index is 1700. The topological polar surface area (TPSA) is 114 Å². The molecule has 0 heterocycles. The van der Waals surface area contributed by atoms with Crippen LogP contribution in [-0.2, 0) is 27.9 Å². The van der Waals surface area contributed by atoms with E-state index in [1.165, 1.54) is 77.0 Å². The van der Waals surface area contributed by atoms with E-state index in [0.717, 1.165) is 103 Å². The van der Waals surface area contributed by atoms with Gasteiger partial charge >= 0.3 is 5.97 Å². The molecule has 0 aliphatic rings. The van der Waals surface area contributed by atoms with Crippen molar-refractivity contribution < 1.29 is 37.3 Å². The molecule has 0 radical (unpaired) electrons. The Hall–Kier alpha value is -3.59. The Balaban J connectivity index is 5.43. The van der Waals surface area contributed by atoms with Gasteiger partial charge in [-0.05, 0) is 102 Å². The molecule has 9 nitrogen and oxygen atoms in total. The van der Waals surface area contributed by atoms with Crippen LogP contribution in [0, 0.1) is 0 Å². The highest BCUT2D eigenvalue weighted by atomic mass is 31.2. The molecule has 0 spiro atoms. The van der Waals surface area contributed by atoms with Crippen LogP contribution >= 0.6 is 7.82 Å². The minimum absolute atomic E-state index is 0.0387. The number of likely N-dealkylation sites (N-methyl/N-ethyl adjacent to an activating group) is 1. The summed E-state index contributed by atoms with van der Waals surface area (Å²) < 4.78 is 30.2. The second kappa shape index (κ2) is 53.8. The molecule has 0 saturated heterocycles. The lowest BCUT2D eigenvalue weighted by molar-refractivity contribution is -0.870. The molecular formula is C65H111N2O7P. The normalized spacial score (nSPS) is 14.6. The number of carbonyl (C=O) groups excluding carboxylic acids is 2. The van der Waals surface area contributed by atoms with Crippen molar-refractivity contribution in [3.05, 3.63) is 122 Å². The maximum absolute atomic E-state index is 13.5. The summed E-state index contributed by atoms with van der Waals surface area (Å²) >= 11 is 0. The highest BCUT2D eigenvalue weighted by Crippen LogP contribution is 2.38. The largest absolute Gasteiger partial charge is 0.756 e. The number of nitrogens with one attached hydrogen (secondary N) is 1. The van der Waals surface area contributed by atoms with Crippen LogP contribution in [0.1, 0.15) is 226 Å². The van der Waals surface area contributed by atoms with Gasteiger partial charge < -0.3 is 28.5 Å². The van der Waals surface area contributed by atoms with E-state index in [1.807, 2.05) is 33.3 Å². The Morgan fingerprint density at radius 3 is 1.44 bits per heavy atom. The number of unbranched alkanes of at least 4 members (excludes halogenated alkanes) is 20. The molecule has 0 bridgehead atoms. The summed E-state index contributed by atoms with van der Waals surface area (Å²) in [4.78, 5) is 39.9. The van der Waals surface area contributed by atoms with E-state index in [0.29, 0.717) is 23.9 Å². The third-order valence-corrected chi connectivity index (χ3v) is 13.4. The second-order valence-electron chi connectivity index (χ2n) is 20.8. The van der Waals surface area contributed by atoms with Gasteiger partial charge in [0.1, 0.15) is 19.3 Å². The summed E-state index contributed by atoms with van der Waals surface area (Å²) in [5.74, 6) is -0.615. The van der Waals surface area contributed by atoms with Crippen LogP contribution in [0.3, 0.4) is 0 Å². The summed E-state index contributed by atoms with van der Waals surface area (Å²) in [6, 6.07) is -0.921. The fourth-order valence-electron chi connectivity index (χ4n) is 7.88. The molecule has 75 heavy (non-hydrogen) atoms. The summed E-state index contributed by atoms with van der Waals surface area (Å²) in [7, 11) is 1.13. The molecule has 0 aromatic rings. The van der Waals surface area contributed by atoms with E-state index in [1.54, 1.807) is 0 Å². The molecule has 0 rings (SSSR count). The average molecular weight is 1060 g/mol. The first-order valence-corrected chi connectivity index (χ1v) is 31.3. The fraction of sp³-hybridized carbons (Fsp3) is 0.662. The lowest BCUT2D eigenvalue weighted by Gasteiger charge is -2.30. The van der Waals surface area contributed by atoms with Gasteiger partial charge in [0, 0.05) is 12.8 Å². The molecule has 0 aromatic heterocycles. The smallest absolute Gasteiger partial charge is 0.306 e. The monoisotopic (exact) mass is 1060 g/mol. The summed E-state index contributed by atoms with van der Waals surface area (Å²) in [6.07, 6.45) is 74.5. The van der Waals surface area contributed by atoms with Crippen molar-refractivity contribution in [3.8, 4) is 0 Å². The molecule has 0 aliphatic carbocycles. The Morgan fingerprint density at radius 2 is 0.920 bits per heavy atom. The zero-order valence-electron chi connectivity index (χ0n) is 48.7. The van der Waals surface area contributed by atoms with E-state index in [-0.39, 0.29) is 25.4 Å². The van der Waals surface area contributed by atoms with Crippen LogP contribution < -0.4 is 10.2 Å². The number of quaternary nitrogens is 1. The molecule has 0 aliphatic heterocycles. The van der Waals surface area contributed by atoms with Crippen molar-refractivity contribution in [2.75, 3.05) is 40.9 Å². The third-order valence-electron chi connectivity index (χ3n) is 12.4. The van der Waals surface area contributed by atoms with Gasteiger partial charge in [-0.2, -0.15) is 0 Å². The van der Waals surface area contributed by atoms with Crippen LogP contribution in [0.25, 0.3) is 0 Å². The van der Waals surface area contributed by atoms with Crippen molar-refractivity contribution in [1.29, 1.82) is 0 Å². The number of carbonyl (C=O) groups is 2. The van der Waals surface area contributed by atoms with Crippen LogP contribution in [-0.4, -0.2) is 69.4 Å². The van der Waals surface area contributed by atoms with Crippen LogP contribution in [0.2, 0.25) is 0 Å². The Morgan fingerprint density at radius 1 is 0.493 bits per heavy atom. The lowest BCUT2D eigenvalue weighted by Crippen LogP contribution is -2.47. The maximum Gasteiger partial charge on any atom is 0.306 e.